The number of methoxy groups -OCH3 is 1. The van der Waals surface area contributed by atoms with Crippen molar-refractivity contribution < 1.29 is 9.13 Å². The number of ether oxygens (including phenoxy) is 1. The molecule has 0 bridgehead atoms. The number of halogens is 1. The molecular weight excluding hydrogens is 257 g/mol. The van der Waals surface area contributed by atoms with Gasteiger partial charge in [-0.05, 0) is 31.2 Å². The van der Waals surface area contributed by atoms with E-state index in [0.717, 1.165) is 24.1 Å². The Morgan fingerprint density at radius 3 is 2.85 bits per heavy atom. The van der Waals surface area contributed by atoms with Crippen molar-refractivity contribution >= 4 is 0 Å². The average Bonchev–Trinajstić information content (AvgIpc) is 2.90. The summed E-state index contributed by atoms with van der Waals surface area (Å²) in [5, 5.41) is 7.56. The lowest BCUT2D eigenvalue weighted by Crippen LogP contribution is -2.17. The van der Waals surface area contributed by atoms with Crippen molar-refractivity contribution in [3.8, 4) is 5.75 Å². The second-order valence-corrected chi connectivity index (χ2v) is 4.65. The first-order chi connectivity index (χ1) is 9.69. The molecule has 5 heteroatoms. The molecule has 1 aromatic heterocycles. The van der Waals surface area contributed by atoms with Gasteiger partial charge >= 0.3 is 0 Å². The van der Waals surface area contributed by atoms with Gasteiger partial charge in [-0.2, -0.15) is 5.10 Å². The van der Waals surface area contributed by atoms with E-state index in [2.05, 4.69) is 17.3 Å². The van der Waals surface area contributed by atoms with E-state index in [1.165, 1.54) is 13.2 Å². The van der Waals surface area contributed by atoms with Gasteiger partial charge in [0.05, 0.1) is 19.3 Å². The van der Waals surface area contributed by atoms with Crippen molar-refractivity contribution in [2.24, 2.45) is 0 Å². The third kappa shape index (κ3) is 2.99. The Morgan fingerprint density at radius 2 is 2.20 bits per heavy atom. The molecule has 1 aromatic carbocycles. The summed E-state index contributed by atoms with van der Waals surface area (Å²) < 4.78 is 20.4. The van der Waals surface area contributed by atoms with Crippen LogP contribution in [0.25, 0.3) is 0 Å². The number of rotatable bonds is 6. The van der Waals surface area contributed by atoms with Gasteiger partial charge in [-0.3, -0.25) is 4.68 Å². The predicted molar refractivity (Wildman–Crippen MR) is 76.4 cm³/mol. The first-order valence-corrected chi connectivity index (χ1v) is 6.72. The Kier molecular flexibility index (Phi) is 4.74. The van der Waals surface area contributed by atoms with Crippen LogP contribution >= 0.6 is 0 Å². The minimum absolute atomic E-state index is 0.0323. The van der Waals surface area contributed by atoms with E-state index in [1.54, 1.807) is 12.1 Å². The maximum Gasteiger partial charge on any atom is 0.165 e. The lowest BCUT2D eigenvalue weighted by atomic mass is 10.0. The molecule has 2 aromatic rings. The predicted octanol–water partition coefficient (Wildman–Crippen LogP) is 2.75. The molecule has 0 spiro atoms. The monoisotopic (exact) mass is 277 g/mol. The first kappa shape index (κ1) is 14.5. The fraction of sp³-hybridized carbons (Fsp3) is 0.400. The van der Waals surface area contributed by atoms with Crippen LogP contribution in [-0.4, -0.2) is 23.9 Å². The number of hydrogen-bond acceptors (Lipinski definition) is 3. The molecule has 0 aliphatic rings. The number of aryl methyl sites for hydroxylation is 1. The summed E-state index contributed by atoms with van der Waals surface area (Å²) in [4.78, 5) is 0. The molecular formula is C15H20FN3O. The van der Waals surface area contributed by atoms with Crippen molar-refractivity contribution in [3.05, 3.63) is 47.5 Å². The quantitative estimate of drug-likeness (QED) is 0.882. The molecule has 0 fully saturated rings. The maximum atomic E-state index is 13.5. The molecule has 1 heterocycles. The normalized spacial score (nSPS) is 12.4. The molecule has 2 rings (SSSR count). The van der Waals surface area contributed by atoms with Crippen LogP contribution in [0.1, 0.15) is 30.5 Å². The third-order valence-corrected chi connectivity index (χ3v) is 3.24. The molecule has 1 atom stereocenters. The number of nitrogens with one attached hydrogen (secondary N) is 1. The van der Waals surface area contributed by atoms with E-state index in [1.807, 2.05) is 24.1 Å². The van der Waals surface area contributed by atoms with Crippen molar-refractivity contribution in [2.75, 3.05) is 14.2 Å². The molecule has 0 radical (unpaired) electrons. The minimum atomic E-state index is -0.354. The molecule has 0 amide bonds. The van der Waals surface area contributed by atoms with Crippen LogP contribution in [0.15, 0.2) is 30.6 Å². The van der Waals surface area contributed by atoms with Crippen molar-refractivity contribution in [1.29, 1.82) is 0 Å². The van der Waals surface area contributed by atoms with Gasteiger partial charge in [0.2, 0.25) is 0 Å². The van der Waals surface area contributed by atoms with Crippen LogP contribution in [0.5, 0.6) is 5.75 Å². The van der Waals surface area contributed by atoms with Gasteiger partial charge in [-0.15, -0.1) is 0 Å². The molecule has 1 N–H and O–H groups in total. The summed E-state index contributed by atoms with van der Waals surface area (Å²) in [7, 11) is 3.34. The van der Waals surface area contributed by atoms with Crippen LogP contribution in [0, 0.1) is 5.82 Å². The molecule has 0 saturated carbocycles. The Hall–Kier alpha value is -1.88. The van der Waals surface area contributed by atoms with Crippen molar-refractivity contribution in [3.63, 3.8) is 0 Å². The molecule has 0 aliphatic carbocycles. The van der Waals surface area contributed by atoms with Crippen molar-refractivity contribution in [2.45, 2.75) is 25.9 Å². The standard InChI is InChI=1S/C15H20FN3O/c1-4-7-19-10-12(9-18-19)15(17-2)11-5-6-13(16)14(8-11)20-3/h5-6,8-10,15,17H,4,7H2,1-3H3. The topological polar surface area (TPSA) is 39.1 Å². The number of aromatic nitrogens is 2. The number of hydrogen-bond donors (Lipinski definition) is 1. The highest BCUT2D eigenvalue weighted by Gasteiger charge is 2.16. The van der Waals surface area contributed by atoms with E-state index >= 15 is 0 Å². The first-order valence-electron chi connectivity index (χ1n) is 6.72. The highest BCUT2D eigenvalue weighted by Crippen LogP contribution is 2.26. The Bertz CT molecular complexity index is 568. The van der Waals surface area contributed by atoms with E-state index in [4.69, 9.17) is 4.74 Å². The second-order valence-electron chi connectivity index (χ2n) is 4.65. The van der Waals surface area contributed by atoms with Crippen LogP contribution in [0.2, 0.25) is 0 Å². The Morgan fingerprint density at radius 1 is 1.40 bits per heavy atom. The van der Waals surface area contributed by atoms with Gasteiger partial charge in [-0.25, -0.2) is 4.39 Å². The summed E-state index contributed by atoms with van der Waals surface area (Å²) in [6, 6.07) is 4.87. The third-order valence-electron chi connectivity index (χ3n) is 3.24. The van der Waals surface area contributed by atoms with Crippen LogP contribution in [0.4, 0.5) is 4.39 Å². The zero-order valence-electron chi connectivity index (χ0n) is 12.1. The molecule has 0 saturated heterocycles. The molecule has 20 heavy (non-hydrogen) atoms. The van der Waals surface area contributed by atoms with Crippen molar-refractivity contribution in [1.82, 2.24) is 15.1 Å². The zero-order valence-corrected chi connectivity index (χ0v) is 12.1. The largest absolute Gasteiger partial charge is 0.494 e. The van der Waals surface area contributed by atoms with Gasteiger partial charge in [0.25, 0.3) is 0 Å². The molecule has 0 aliphatic heterocycles. The summed E-state index contributed by atoms with van der Waals surface area (Å²) in [6.45, 7) is 3.00. The summed E-state index contributed by atoms with van der Waals surface area (Å²) >= 11 is 0. The highest BCUT2D eigenvalue weighted by atomic mass is 19.1. The smallest absolute Gasteiger partial charge is 0.165 e. The van der Waals surface area contributed by atoms with Crippen LogP contribution < -0.4 is 10.1 Å². The van der Waals surface area contributed by atoms with Crippen LogP contribution in [-0.2, 0) is 6.54 Å². The van der Waals surface area contributed by atoms with E-state index in [-0.39, 0.29) is 17.6 Å². The van der Waals surface area contributed by atoms with Gasteiger partial charge in [-0.1, -0.05) is 13.0 Å². The maximum absolute atomic E-state index is 13.5. The fourth-order valence-corrected chi connectivity index (χ4v) is 2.26. The van der Waals surface area contributed by atoms with Gasteiger partial charge in [0, 0.05) is 18.3 Å². The van der Waals surface area contributed by atoms with Gasteiger partial charge < -0.3 is 10.1 Å². The lowest BCUT2D eigenvalue weighted by Gasteiger charge is -2.16. The Labute approximate surface area is 118 Å². The van der Waals surface area contributed by atoms with Gasteiger partial charge in [0.15, 0.2) is 11.6 Å². The van der Waals surface area contributed by atoms with E-state index in [0.29, 0.717) is 0 Å². The molecule has 108 valence electrons. The summed E-state index contributed by atoms with van der Waals surface area (Å²) in [6.07, 6.45) is 4.89. The average molecular weight is 277 g/mol. The number of nitrogens with zero attached hydrogens (tertiary/aromatic N) is 2. The summed E-state index contributed by atoms with van der Waals surface area (Å²) in [5.74, 6) is -0.100. The van der Waals surface area contributed by atoms with E-state index in [9.17, 15) is 4.39 Å². The minimum Gasteiger partial charge on any atom is -0.494 e. The Balaban J connectivity index is 2.31. The van der Waals surface area contributed by atoms with Gasteiger partial charge in [0.1, 0.15) is 0 Å². The SMILES string of the molecule is CCCn1cc(C(NC)c2ccc(F)c(OC)c2)cn1. The summed E-state index contributed by atoms with van der Waals surface area (Å²) in [5.41, 5.74) is 2.00. The lowest BCUT2D eigenvalue weighted by molar-refractivity contribution is 0.385. The molecule has 1 unspecified atom stereocenters. The number of benzene rings is 1. The fourth-order valence-electron chi connectivity index (χ4n) is 2.26. The van der Waals surface area contributed by atoms with E-state index < -0.39 is 0 Å². The molecule has 4 nitrogen and oxygen atoms in total. The zero-order chi connectivity index (χ0) is 14.5. The highest BCUT2D eigenvalue weighted by molar-refractivity contribution is 5.36. The van der Waals surface area contributed by atoms with Crippen LogP contribution in [0.3, 0.4) is 0 Å². The second kappa shape index (κ2) is 6.52.